The van der Waals surface area contributed by atoms with E-state index in [0.29, 0.717) is 0 Å². The Morgan fingerprint density at radius 1 is 1.32 bits per heavy atom. The second-order valence-corrected chi connectivity index (χ2v) is 3.61. The number of hydrogen-bond donors (Lipinski definition) is 1. The van der Waals surface area contributed by atoms with Crippen LogP contribution in [0.4, 0.5) is 4.39 Å². The van der Waals surface area contributed by atoms with Crippen molar-refractivity contribution in [2.24, 2.45) is 0 Å². The van der Waals surface area contributed by atoms with Crippen LogP contribution < -0.4 is 0 Å². The van der Waals surface area contributed by atoms with E-state index in [0.717, 1.165) is 5.06 Å². The lowest BCUT2D eigenvalue weighted by atomic mass is 10.2. The molecule has 1 amide bonds. The number of ketones is 1. The molecule has 0 heterocycles. The number of amides is 1. The van der Waals surface area contributed by atoms with Crippen LogP contribution in [0.15, 0.2) is 24.3 Å². The van der Waals surface area contributed by atoms with Crippen LogP contribution in [0.25, 0.3) is 0 Å². The molecule has 102 valence electrons. The minimum absolute atomic E-state index is 0.195. The third-order valence-electron chi connectivity index (χ3n) is 2.32. The van der Waals surface area contributed by atoms with Crippen molar-refractivity contribution in [1.82, 2.24) is 5.06 Å². The van der Waals surface area contributed by atoms with Gasteiger partial charge in [0.25, 0.3) is 5.91 Å². The van der Waals surface area contributed by atoms with Gasteiger partial charge in [-0.05, 0) is 6.07 Å². The monoisotopic (exact) mass is 269 g/mol. The molecule has 1 aromatic rings. The number of hydroxylamine groups is 2. The minimum atomic E-state index is -1.70. The van der Waals surface area contributed by atoms with Gasteiger partial charge in [-0.3, -0.25) is 14.4 Å². The molecule has 0 radical (unpaired) electrons. The van der Waals surface area contributed by atoms with Gasteiger partial charge in [0.05, 0.1) is 20.1 Å². The van der Waals surface area contributed by atoms with Crippen molar-refractivity contribution >= 4 is 17.7 Å². The number of Topliss-reactive ketones (excluding diaryl/α,β-unsaturated/α-hetero) is 1. The average Bonchev–Trinajstić information content (AvgIpc) is 2.37. The highest BCUT2D eigenvalue weighted by Crippen LogP contribution is 2.11. The quantitative estimate of drug-likeness (QED) is 0.468. The largest absolute Gasteiger partial charge is 0.475 e. The van der Waals surface area contributed by atoms with Gasteiger partial charge < -0.3 is 5.11 Å². The van der Waals surface area contributed by atoms with E-state index in [2.05, 4.69) is 0 Å². The van der Waals surface area contributed by atoms with Gasteiger partial charge >= 0.3 is 5.97 Å². The zero-order valence-corrected chi connectivity index (χ0v) is 10.1. The van der Waals surface area contributed by atoms with E-state index in [1.165, 1.54) is 25.3 Å². The van der Waals surface area contributed by atoms with Crippen molar-refractivity contribution in [2.45, 2.75) is 13.0 Å². The number of hydrogen-bond acceptors (Lipinski definition) is 4. The van der Waals surface area contributed by atoms with Crippen LogP contribution in [-0.2, 0) is 25.8 Å². The molecule has 0 unspecified atom stereocenters. The maximum absolute atomic E-state index is 13.4. The molecule has 1 aromatic carbocycles. The van der Waals surface area contributed by atoms with Crippen molar-refractivity contribution in [3.63, 3.8) is 0 Å². The molecule has 7 heteroatoms. The van der Waals surface area contributed by atoms with Crippen LogP contribution >= 0.6 is 0 Å². The fourth-order valence-corrected chi connectivity index (χ4v) is 1.34. The maximum atomic E-state index is 13.4. The van der Waals surface area contributed by atoms with Crippen molar-refractivity contribution in [3.05, 3.63) is 35.6 Å². The lowest BCUT2D eigenvalue weighted by Crippen LogP contribution is -2.32. The first kappa shape index (κ1) is 14.8. The summed E-state index contributed by atoms with van der Waals surface area (Å²) < 4.78 is 13.4. The fourth-order valence-electron chi connectivity index (χ4n) is 1.34. The summed E-state index contributed by atoms with van der Waals surface area (Å²) in [6.07, 6.45) is -0.836. The highest BCUT2D eigenvalue weighted by molar-refractivity contribution is 6.36. The summed E-state index contributed by atoms with van der Waals surface area (Å²) in [5, 5.41) is 9.13. The van der Waals surface area contributed by atoms with Gasteiger partial charge in [-0.1, -0.05) is 18.2 Å². The highest BCUT2D eigenvalue weighted by Gasteiger charge is 2.22. The van der Waals surface area contributed by atoms with E-state index in [1.807, 2.05) is 0 Å². The van der Waals surface area contributed by atoms with E-state index >= 15 is 0 Å². The topological polar surface area (TPSA) is 83.9 Å². The van der Waals surface area contributed by atoms with Gasteiger partial charge in [-0.2, -0.15) is 0 Å². The zero-order chi connectivity index (χ0) is 14.4. The molecule has 0 aromatic heterocycles. The van der Waals surface area contributed by atoms with Crippen LogP contribution in [0.1, 0.15) is 12.0 Å². The summed E-state index contributed by atoms with van der Waals surface area (Å²) in [4.78, 5) is 37.6. The van der Waals surface area contributed by atoms with Crippen LogP contribution in [-0.4, -0.2) is 34.9 Å². The Hall–Kier alpha value is -2.28. The third kappa shape index (κ3) is 4.14. The SMILES string of the molecule is CON(Cc1ccccc1F)C(=O)CC(=O)C(=O)O. The number of benzene rings is 1. The summed E-state index contributed by atoms with van der Waals surface area (Å²) in [5.41, 5.74) is 0.195. The number of halogens is 1. The number of aliphatic carboxylic acids is 1. The minimum Gasteiger partial charge on any atom is -0.475 e. The second kappa shape index (κ2) is 6.60. The Kier molecular flexibility index (Phi) is 5.13. The molecule has 0 aliphatic rings. The second-order valence-electron chi connectivity index (χ2n) is 3.61. The van der Waals surface area contributed by atoms with Gasteiger partial charge in [-0.25, -0.2) is 14.2 Å². The molecule has 19 heavy (non-hydrogen) atoms. The Labute approximate surface area is 108 Å². The van der Waals surface area contributed by atoms with Gasteiger partial charge in [0.15, 0.2) is 0 Å². The molecule has 0 spiro atoms. The number of nitrogens with zero attached hydrogens (tertiary/aromatic N) is 1. The number of carboxylic acid groups (broad SMARTS) is 1. The number of rotatable bonds is 6. The van der Waals surface area contributed by atoms with Crippen LogP contribution in [0, 0.1) is 5.82 Å². The molecular formula is C12H12FNO5. The number of carbonyl (C=O) groups excluding carboxylic acids is 2. The van der Waals surface area contributed by atoms with E-state index < -0.39 is 29.9 Å². The van der Waals surface area contributed by atoms with Crippen molar-refractivity contribution < 1.29 is 28.7 Å². The molecule has 1 rings (SSSR count). The summed E-state index contributed by atoms with van der Waals surface area (Å²) in [6.45, 7) is -0.213. The van der Waals surface area contributed by atoms with E-state index in [4.69, 9.17) is 9.94 Å². The van der Waals surface area contributed by atoms with Crippen LogP contribution in [0.2, 0.25) is 0 Å². The molecule has 0 bridgehead atoms. The Morgan fingerprint density at radius 3 is 2.47 bits per heavy atom. The third-order valence-corrected chi connectivity index (χ3v) is 2.32. The summed E-state index contributed by atoms with van der Waals surface area (Å²) in [6, 6.07) is 5.74. The molecule has 0 atom stereocenters. The van der Waals surface area contributed by atoms with Gasteiger partial charge in [0, 0.05) is 5.56 Å². The number of carbonyl (C=O) groups is 3. The smallest absolute Gasteiger partial charge is 0.372 e. The molecule has 0 aliphatic carbocycles. The number of carboxylic acids is 1. The van der Waals surface area contributed by atoms with Gasteiger partial charge in [0.1, 0.15) is 5.82 Å². The molecular weight excluding hydrogens is 257 g/mol. The average molecular weight is 269 g/mol. The molecule has 1 N–H and O–H groups in total. The molecule has 0 saturated heterocycles. The van der Waals surface area contributed by atoms with Gasteiger partial charge in [-0.15, -0.1) is 0 Å². The molecule has 6 nitrogen and oxygen atoms in total. The van der Waals surface area contributed by atoms with E-state index in [-0.39, 0.29) is 12.1 Å². The molecule has 0 aliphatic heterocycles. The first-order valence-corrected chi connectivity index (χ1v) is 5.29. The maximum Gasteiger partial charge on any atom is 0.372 e. The fraction of sp³-hybridized carbons (Fsp3) is 0.250. The molecule has 0 saturated carbocycles. The van der Waals surface area contributed by atoms with E-state index in [9.17, 15) is 18.8 Å². The predicted molar refractivity (Wildman–Crippen MR) is 61.2 cm³/mol. The van der Waals surface area contributed by atoms with E-state index in [1.54, 1.807) is 6.07 Å². The normalized spacial score (nSPS) is 10.0. The summed E-state index contributed by atoms with van der Waals surface area (Å²) in [5.74, 6) is -4.32. The Bertz CT molecular complexity index is 503. The first-order valence-electron chi connectivity index (χ1n) is 5.29. The summed E-state index contributed by atoms with van der Waals surface area (Å²) in [7, 11) is 1.17. The Morgan fingerprint density at radius 2 is 1.95 bits per heavy atom. The first-order chi connectivity index (χ1) is 8.95. The van der Waals surface area contributed by atoms with Crippen molar-refractivity contribution in [1.29, 1.82) is 0 Å². The van der Waals surface area contributed by atoms with Gasteiger partial charge in [0.2, 0.25) is 5.78 Å². The predicted octanol–water partition coefficient (Wildman–Crippen LogP) is 0.759. The van der Waals surface area contributed by atoms with Crippen LogP contribution in [0.5, 0.6) is 0 Å². The zero-order valence-electron chi connectivity index (χ0n) is 10.1. The lowest BCUT2D eigenvalue weighted by molar-refractivity contribution is -0.180. The summed E-state index contributed by atoms with van der Waals surface area (Å²) >= 11 is 0. The Balaban J connectivity index is 2.73. The standard InChI is InChI=1S/C12H12FNO5/c1-19-14(11(16)6-10(15)12(17)18)7-8-4-2-3-5-9(8)13/h2-5H,6-7H2,1H3,(H,17,18). The van der Waals surface area contributed by atoms with Crippen molar-refractivity contribution in [3.8, 4) is 0 Å². The molecule has 0 fully saturated rings. The van der Waals surface area contributed by atoms with Crippen LogP contribution in [0.3, 0.4) is 0 Å². The lowest BCUT2D eigenvalue weighted by Gasteiger charge is -2.19. The highest BCUT2D eigenvalue weighted by atomic mass is 19.1. The van der Waals surface area contributed by atoms with Crippen molar-refractivity contribution in [2.75, 3.05) is 7.11 Å².